The van der Waals surface area contributed by atoms with Crippen molar-refractivity contribution in [1.29, 1.82) is 0 Å². The molecular weight excluding hydrogens is 150 g/mol. The van der Waals surface area contributed by atoms with E-state index >= 15 is 0 Å². The van der Waals surface area contributed by atoms with E-state index in [1.54, 1.807) is 0 Å². The minimum Gasteiger partial charge on any atom is -0.330 e. The first kappa shape index (κ1) is 11.9. The number of rotatable bonds is 6. The molecule has 0 aromatic rings. The van der Waals surface area contributed by atoms with E-state index in [2.05, 4.69) is 20.8 Å². The molecule has 74 valence electrons. The van der Waals surface area contributed by atoms with Crippen molar-refractivity contribution in [3.05, 3.63) is 0 Å². The Balaban J connectivity index is 4.24. The van der Waals surface area contributed by atoms with Crippen LogP contribution in [0, 0.1) is 0 Å². The number of hydrogen-bond acceptors (Lipinski definition) is 2. The standard InChI is InChI=1S/C9H24N3/c1-4-12(5-2,6-3)9(11)7-8-10/h9H,4-8,10-11H2,1-3H3/q+1. The van der Waals surface area contributed by atoms with E-state index < -0.39 is 0 Å². The molecule has 0 aliphatic rings. The Hall–Kier alpha value is -0.120. The zero-order valence-corrected chi connectivity index (χ0v) is 8.71. The predicted molar refractivity (Wildman–Crippen MR) is 53.5 cm³/mol. The van der Waals surface area contributed by atoms with E-state index in [0.29, 0.717) is 6.54 Å². The highest BCUT2D eigenvalue weighted by atomic mass is 15.4. The van der Waals surface area contributed by atoms with Gasteiger partial charge >= 0.3 is 0 Å². The minimum absolute atomic E-state index is 0.218. The third-order valence-electron chi connectivity index (χ3n) is 3.06. The van der Waals surface area contributed by atoms with Gasteiger partial charge in [-0.15, -0.1) is 0 Å². The lowest BCUT2D eigenvalue weighted by atomic mass is 10.2. The molecule has 3 heteroatoms. The van der Waals surface area contributed by atoms with Gasteiger partial charge in [0.15, 0.2) is 0 Å². The molecule has 0 amide bonds. The van der Waals surface area contributed by atoms with Gasteiger partial charge in [0.25, 0.3) is 0 Å². The number of nitrogens with zero attached hydrogens (tertiary/aromatic N) is 1. The largest absolute Gasteiger partial charge is 0.330 e. The van der Waals surface area contributed by atoms with Gasteiger partial charge in [-0.1, -0.05) is 0 Å². The maximum absolute atomic E-state index is 6.09. The molecule has 0 aliphatic carbocycles. The van der Waals surface area contributed by atoms with E-state index in [9.17, 15) is 0 Å². The molecule has 0 saturated carbocycles. The van der Waals surface area contributed by atoms with Crippen molar-refractivity contribution in [3.8, 4) is 0 Å². The Kier molecular flexibility index (Phi) is 5.46. The fraction of sp³-hybridized carbons (Fsp3) is 1.00. The van der Waals surface area contributed by atoms with Crippen LogP contribution in [-0.4, -0.2) is 36.8 Å². The third kappa shape index (κ3) is 2.44. The highest BCUT2D eigenvalue weighted by Crippen LogP contribution is 2.11. The van der Waals surface area contributed by atoms with E-state index in [4.69, 9.17) is 11.5 Å². The molecule has 0 spiro atoms. The van der Waals surface area contributed by atoms with E-state index in [1.807, 2.05) is 0 Å². The van der Waals surface area contributed by atoms with Crippen LogP contribution in [-0.2, 0) is 0 Å². The maximum Gasteiger partial charge on any atom is 0.141 e. The summed E-state index contributed by atoms with van der Waals surface area (Å²) in [5.74, 6) is 0. The average Bonchev–Trinajstić information content (AvgIpc) is 2.09. The van der Waals surface area contributed by atoms with Gasteiger partial charge in [-0.2, -0.15) is 0 Å². The zero-order chi connectivity index (χ0) is 9.61. The first-order valence-corrected chi connectivity index (χ1v) is 4.98. The summed E-state index contributed by atoms with van der Waals surface area (Å²) in [6, 6.07) is 0. The van der Waals surface area contributed by atoms with Crippen molar-refractivity contribution in [2.75, 3.05) is 26.2 Å². The van der Waals surface area contributed by atoms with Gasteiger partial charge < -0.3 is 10.2 Å². The summed E-state index contributed by atoms with van der Waals surface area (Å²) in [6.07, 6.45) is 1.14. The maximum atomic E-state index is 6.09. The summed E-state index contributed by atoms with van der Waals surface area (Å²) in [4.78, 5) is 0. The molecule has 0 aliphatic heterocycles. The number of hydrogen-bond donors (Lipinski definition) is 2. The SMILES string of the molecule is CC[N+](CC)(CC)C(N)CCN. The second-order valence-corrected chi connectivity index (χ2v) is 3.31. The Morgan fingerprint density at radius 1 is 1.08 bits per heavy atom. The van der Waals surface area contributed by atoms with E-state index in [-0.39, 0.29) is 6.17 Å². The smallest absolute Gasteiger partial charge is 0.141 e. The van der Waals surface area contributed by atoms with Crippen molar-refractivity contribution >= 4 is 0 Å². The van der Waals surface area contributed by atoms with Gasteiger partial charge in [0.05, 0.1) is 19.6 Å². The second-order valence-electron chi connectivity index (χ2n) is 3.31. The highest BCUT2D eigenvalue weighted by molar-refractivity contribution is 4.52. The topological polar surface area (TPSA) is 52.0 Å². The van der Waals surface area contributed by atoms with Crippen molar-refractivity contribution < 1.29 is 4.48 Å². The van der Waals surface area contributed by atoms with Crippen LogP contribution >= 0.6 is 0 Å². The van der Waals surface area contributed by atoms with Crippen LogP contribution in [0.4, 0.5) is 0 Å². The second kappa shape index (κ2) is 5.51. The molecule has 3 nitrogen and oxygen atoms in total. The predicted octanol–water partition coefficient (Wildman–Crippen LogP) is 0.497. The summed E-state index contributed by atoms with van der Waals surface area (Å²) >= 11 is 0. The van der Waals surface area contributed by atoms with Crippen molar-refractivity contribution in [1.82, 2.24) is 0 Å². The summed E-state index contributed by atoms with van der Waals surface area (Å²) in [5.41, 5.74) is 11.6. The normalized spacial score (nSPS) is 14.8. The van der Waals surface area contributed by atoms with Crippen LogP contribution in [0.2, 0.25) is 0 Å². The lowest BCUT2D eigenvalue weighted by Crippen LogP contribution is -2.59. The van der Waals surface area contributed by atoms with Crippen LogP contribution in [0.1, 0.15) is 27.2 Å². The van der Waals surface area contributed by atoms with Gasteiger partial charge in [-0.3, -0.25) is 5.73 Å². The molecular formula is C9H24N3+. The molecule has 0 heterocycles. The molecule has 1 atom stereocenters. The molecule has 0 radical (unpaired) electrons. The van der Waals surface area contributed by atoms with Gasteiger partial charge in [-0.25, -0.2) is 0 Å². The van der Waals surface area contributed by atoms with Crippen LogP contribution in [0.5, 0.6) is 0 Å². The molecule has 1 unspecified atom stereocenters. The molecule has 0 aromatic heterocycles. The molecule has 12 heavy (non-hydrogen) atoms. The lowest BCUT2D eigenvalue weighted by Gasteiger charge is -2.40. The van der Waals surface area contributed by atoms with Gasteiger partial charge in [-0.05, 0) is 27.3 Å². The van der Waals surface area contributed by atoms with Crippen LogP contribution in [0.15, 0.2) is 0 Å². The van der Waals surface area contributed by atoms with E-state index in [1.165, 1.54) is 0 Å². The quantitative estimate of drug-likeness (QED) is 0.455. The molecule has 4 N–H and O–H groups in total. The lowest BCUT2D eigenvalue weighted by molar-refractivity contribution is -0.946. The first-order valence-electron chi connectivity index (χ1n) is 4.98. The number of quaternary nitrogens is 1. The fourth-order valence-electron chi connectivity index (χ4n) is 1.82. The monoisotopic (exact) mass is 174 g/mol. The summed E-state index contributed by atoms with van der Waals surface area (Å²) in [5, 5.41) is 0. The van der Waals surface area contributed by atoms with Crippen LogP contribution < -0.4 is 11.5 Å². The molecule has 0 fully saturated rings. The average molecular weight is 174 g/mol. The Morgan fingerprint density at radius 3 is 1.75 bits per heavy atom. The summed E-state index contributed by atoms with van der Waals surface area (Å²) in [7, 11) is 0. The molecule has 0 saturated heterocycles. The minimum atomic E-state index is 0.218. The fourth-order valence-corrected chi connectivity index (χ4v) is 1.82. The highest BCUT2D eigenvalue weighted by Gasteiger charge is 2.27. The van der Waals surface area contributed by atoms with Crippen molar-refractivity contribution in [2.24, 2.45) is 11.5 Å². The third-order valence-corrected chi connectivity index (χ3v) is 3.06. The van der Waals surface area contributed by atoms with Gasteiger partial charge in [0, 0.05) is 6.42 Å². The molecule has 0 bridgehead atoms. The summed E-state index contributed by atoms with van der Waals surface area (Å²) in [6.45, 7) is 10.6. The van der Waals surface area contributed by atoms with E-state index in [0.717, 1.165) is 30.5 Å². The Bertz CT molecular complexity index is 102. The van der Waals surface area contributed by atoms with Crippen molar-refractivity contribution in [2.45, 2.75) is 33.4 Å². The Morgan fingerprint density at radius 2 is 1.50 bits per heavy atom. The summed E-state index contributed by atoms with van der Waals surface area (Å²) < 4.78 is 0.997. The number of nitrogens with two attached hydrogens (primary N) is 2. The van der Waals surface area contributed by atoms with Crippen LogP contribution in [0.25, 0.3) is 0 Å². The van der Waals surface area contributed by atoms with Gasteiger partial charge in [0.1, 0.15) is 6.17 Å². The van der Waals surface area contributed by atoms with Gasteiger partial charge in [0.2, 0.25) is 0 Å². The van der Waals surface area contributed by atoms with Crippen molar-refractivity contribution in [3.63, 3.8) is 0 Å². The van der Waals surface area contributed by atoms with Crippen LogP contribution in [0.3, 0.4) is 0 Å². The molecule has 0 aromatic carbocycles. The zero-order valence-electron chi connectivity index (χ0n) is 8.71. The first-order chi connectivity index (χ1) is 5.66. The molecule has 0 rings (SSSR count). The Labute approximate surface area is 76.3 Å².